The van der Waals surface area contributed by atoms with Crippen molar-refractivity contribution >= 4 is 0 Å². The number of hydrogen-bond donors (Lipinski definition) is 1. The first kappa shape index (κ1) is 14.0. The van der Waals surface area contributed by atoms with Crippen LogP contribution in [-0.2, 0) is 26.1 Å². The molecule has 2 aromatic rings. The third-order valence-electron chi connectivity index (χ3n) is 4.14. The van der Waals surface area contributed by atoms with Crippen molar-refractivity contribution in [3.05, 3.63) is 45.7 Å². The smallest absolute Gasteiger partial charge is 0.255 e. The highest BCUT2D eigenvalue weighted by molar-refractivity contribution is 5.22. The summed E-state index contributed by atoms with van der Waals surface area (Å²) in [6, 6.07) is 0.332. The van der Waals surface area contributed by atoms with Gasteiger partial charge in [-0.1, -0.05) is 6.92 Å². The van der Waals surface area contributed by atoms with Crippen molar-refractivity contribution in [3.63, 3.8) is 0 Å². The highest BCUT2D eigenvalue weighted by atomic mass is 16.1. The number of H-pyrrole nitrogens is 1. The SMILES string of the molecule is CCc1nccn1C[C@H](C)N1Cc2nc(C)[nH]c(=O)c2C1. The van der Waals surface area contributed by atoms with Gasteiger partial charge >= 0.3 is 0 Å². The number of fused-ring (bicyclic) bond motifs is 1. The highest BCUT2D eigenvalue weighted by Crippen LogP contribution is 2.21. The van der Waals surface area contributed by atoms with Crippen molar-refractivity contribution in [2.24, 2.45) is 0 Å². The van der Waals surface area contributed by atoms with Gasteiger partial charge in [0.2, 0.25) is 0 Å². The lowest BCUT2D eigenvalue weighted by Crippen LogP contribution is -2.32. The predicted molar refractivity (Wildman–Crippen MR) is 79.9 cm³/mol. The molecular formula is C15H21N5O. The molecule has 3 rings (SSSR count). The topological polar surface area (TPSA) is 66.8 Å². The Bertz CT molecular complexity index is 702. The number of aryl methyl sites for hydroxylation is 2. The lowest BCUT2D eigenvalue weighted by atomic mass is 10.2. The summed E-state index contributed by atoms with van der Waals surface area (Å²) < 4.78 is 2.19. The van der Waals surface area contributed by atoms with Crippen LogP contribution in [0.1, 0.15) is 36.8 Å². The number of rotatable bonds is 4. The van der Waals surface area contributed by atoms with Crippen molar-refractivity contribution < 1.29 is 0 Å². The fourth-order valence-electron chi connectivity index (χ4n) is 2.95. The largest absolute Gasteiger partial charge is 0.333 e. The molecule has 0 saturated heterocycles. The van der Waals surface area contributed by atoms with Crippen LogP contribution in [0.3, 0.4) is 0 Å². The average molecular weight is 287 g/mol. The lowest BCUT2D eigenvalue weighted by molar-refractivity contribution is 0.191. The third kappa shape index (κ3) is 2.63. The predicted octanol–water partition coefficient (Wildman–Crippen LogP) is 1.24. The van der Waals surface area contributed by atoms with E-state index in [0.717, 1.165) is 36.6 Å². The van der Waals surface area contributed by atoms with E-state index in [-0.39, 0.29) is 5.56 Å². The monoisotopic (exact) mass is 287 g/mol. The van der Waals surface area contributed by atoms with Crippen LogP contribution in [-0.4, -0.2) is 30.5 Å². The number of imidazole rings is 1. The minimum Gasteiger partial charge on any atom is -0.333 e. The fourth-order valence-corrected chi connectivity index (χ4v) is 2.95. The van der Waals surface area contributed by atoms with E-state index in [9.17, 15) is 4.79 Å². The molecule has 112 valence electrons. The maximum Gasteiger partial charge on any atom is 0.255 e. The van der Waals surface area contributed by atoms with Crippen LogP contribution in [0.15, 0.2) is 17.2 Å². The van der Waals surface area contributed by atoms with Gasteiger partial charge in [-0.15, -0.1) is 0 Å². The molecule has 21 heavy (non-hydrogen) atoms. The second-order valence-electron chi connectivity index (χ2n) is 5.68. The van der Waals surface area contributed by atoms with E-state index in [1.54, 1.807) is 0 Å². The van der Waals surface area contributed by atoms with Crippen LogP contribution >= 0.6 is 0 Å². The molecule has 6 heteroatoms. The summed E-state index contributed by atoms with van der Waals surface area (Å²) in [6.07, 6.45) is 4.80. The first-order chi connectivity index (χ1) is 10.1. The van der Waals surface area contributed by atoms with E-state index in [1.807, 2.05) is 19.3 Å². The van der Waals surface area contributed by atoms with E-state index >= 15 is 0 Å². The molecule has 3 heterocycles. The molecular weight excluding hydrogens is 266 g/mol. The summed E-state index contributed by atoms with van der Waals surface area (Å²) in [5.41, 5.74) is 1.74. The van der Waals surface area contributed by atoms with E-state index in [0.29, 0.717) is 18.4 Å². The van der Waals surface area contributed by atoms with Crippen molar-refractivity contribution in [1.29, 1.82) is 0 Å². The molecule has 0 bridgehead atoms. The zero-order valence-electron chi connectivity index (χ0n) is 12.8. The molecule has 0 unspecified atom stereocenters. The van der Waals surface area contributed by atoms with Gasteiger partial charge in [-0.2, -0.15) is 0 Å². The Kier molecular flexibility index (Phi) is 3.63. The zero-order valence-corrected chi connectivity index (χ0v) is 12.8. The molecule has 0 amide bonds. The summed E-state index contributed by atoms with van der Waals surface area (Å²) in [6.45, 7) is 8.43. The minimum atomic E-state index is 0.00378. The number of hydrogen-bond acceptors (Lipinski definition) is 4. The van der Waals surface area contributed by atoms with Gasteiger partial charge in [0.25, 0.3) is 5.56 Å². The molecule has 0 spiro atoms. The van der Waals surface area contributed by atoms with Gasteiger partial charge in [0.1, 0.15) is 11.6 Å². The Labute approximate surface area is 123 Å². The van der Waals surface area contributed by atoms with Gasteiger partial charge in [-0.3, -0.25) is 9.69 Å². The zero-order chi connectivity index (χ0) is 15.0. The van der Waals surface area contributed by atoms with Gasteiger partial charge in [0.15, 0.2) is 0 Å². The minimum absolute atomic E-state index is 0.00378. The van der Waals surface area contributed by atoms with Crippen molar-refractivity contribution in [3.8, 4) is 0 Å². The highest BCUT2D eigenvalue weighted by Gasteiger charge is 2.27. The van der Waals surface area contributed by atoms with E-state index in [4.69, 9.17) is 0 Å². The number of aromatic nitrogens is 4. The van der Waals surface area contributed by atoms with Crippen molar-refractivity contribution in [2.75, 3.05) is 0 Å². The van der Waals surface area contributed by atoms with Crippen LogP contribution in [0, 0.1) is 6.92 Å². The molecule has 0 radical (unpaired) electrons. The fraction of sp³-hybridized carbons (Fsp3) is 0.533. The van der Waals surface area contributed by atoms with Gasteiger partial charge < -0.3 is 9.55 Å². The molecule has 0 aliphatic carbocycles. The normalized spacial score (nSPS) is 16.1. The summed E-state index contributed by atoms with van der Waals surface area (Å²) in [5, 5.41) is 0. The number of nitrogens with zero attached hydrogens (tertiary/aromatic N) is 4. The van der Waals surface area contributed by atoms with Crippen LogP contribution in [0.2, 0.25) is 0 Å². The Hall–Kier alpha value is -1.95. The van der Waals surface area contributed by atoms with Crippen LogP contribution < -0.4 is 5.56 Å². The second-order valence-corrected chi connectivity index (χ2v) is 5.68. The molecule has 1 atom stereocenters. The second kappa shape index (κ2) is 5.44. The molecule has 0 aromatic carbocycles. The van der Waals surface area contributed by atoms with Crippen LogP contribution in [0.4, 0.5) is 0 Å². The van der Waals surface area contributed by atoms with Crippen molar-refractivity contribution in [1.82, 2.24) is 24.4 Å². The molecule has 1 aliphatic heterocycles. The first-order valence-corrected chi connectivity index (χ1v) is 7.41. The summed E-state index contributed by atoms with van der Waals surface area (Å²) in [7, 11) is 0. The van der Waals surface area contributed by atoms with E-state index in [2.05, 4.69) is 38.3 Å². The number of aromatic amines is 1. The van der Waals surface area contributed by atoms with Crippen molar-refractivity contribution in [2.45, 2.75) is 52.9 Å². The number of nitrogens with one attached hydrogen (secondary N) is 1. The van der Waals surface area contributed by atoms with Crippen LogP contribution in [0.25, 0.3) is 0 Å². The maximum atomic E-state index is 12.0. The lowest BCUT2D eigenvalue weighted by Gasteiger charge is -2.24. The Morgan fingerprint density at radius 3 is 3.00 bits per heavy atom. The molecule has 0 saturated carbocycles. The molecule has 1 N–H and O–H groups in total. The summed E-state index contributed by atoms with van der Waals surface area (Å²) >= 11 is 0. The van der Waals surface area contributed by atoms with Gasteiger partial charge in [-0.05, 0) is 13.8 Å². The average Bonchev–Trinajstić information content (AvgIpc) is 3.04. The summed E-state index contributed by atoms with van der Waals surface area (Å²) in [5.74, 6) is 1.79. The first-order valence-electron chi connectivity index (χ1n) is 7.41. The van der Waals surface area contributed by atoms with Crippen LogP contribution in [0.5, 0.6) is 0 Å². The quantitative estimate of drug-likeness (QED) is 0.919. The maximum absolute atomic E-state index is 12.0. The Balaban J connectivity index is 1.75. The molecule has 1 aliphatic rings. The molecule has 2 aromatic heterocycles. The standard InChI is InChI=1S/C15H21N5O/c1-4-14-16-5-6-19(14)7-10(2)20-8-12-13(9-20)17-11(3)18-15(12)21/h5-6,10H,4,7-9H2,1-3H3,(H,17,18,21)/t10-/m0/s1. The van der Waals surface area contributed by atoms with E-state index in [1.165, 1.54) is 0 Å². The molecule has 0 fully saturated rings. The Morgan fingerprint density at radius 1 is 1.43 bits per heavy atom. The van der Waals surface area contributed by atoms with Gasteiger partial charge in [-0.25, -0.2) is 9.97 Å². The van der Waals surface area contributed by atoms with E-state index < -0.39 is 0 Å². The third-order valence-corrected chi connectivity index (χ3v) is 4.14. The van der Waals surface area contributed by atoms with Gasteiger partial charge in [0, 0.05) is 44.5 Å². The Morgan fingerprint density at radius 2 is 2.24 bits per heavy atom. The summed E-state index contributed by atoms with van der Waals surface area (Å²) in [4.78, 5) is 25.9. The van der Waals surface area contributed by atoms with Gasteiger partial charge in [0.05, 0.1) is 11.3 Å². The molecule has 6 nitrogen and oxygen atoms in total.